The van der Waals surface area contributed by atoms with Crippen molar-refractivity contribution in [1.29, 1.82) is 0 Å². The van der Waals surface area contributed by atoms with E-state index in [0.29, 0.717) is 29.7 Å². The van der Waals surface area contributed by atoms with Crippen LogP contribution in [0.4, 0.5) is 0 Å². The number of aromatic nitrogens is 2. The first-order valence-corrected chi connectivity index (χ1v) is 9.14. The van der Waals surface area contributed by atoms with Gasteiger partial charge in [-0.05, 0) is 32.1 Å². The first kappa shape index (κ1) is 17.4. The lowest BCUT2D eigenvalue weighted by molar-refractivity contribution is -0.134. The Hall–Kier alpha value is -1.43. The maximum absolute atomic E-state index is 12.2. The summed E-state index contributed by atoms with van der Waals surface area (Å²) in [5, 5.41) is 7.72. The molecule has 0 radical (unpaired) electrons. The van der Waals surface area contributed by atoms with Crippen molar-refractivity contribution in [2.45, 2.75) is 71.4 Å². The third-order valence-corrected chi connectivity index (χ3v) is 5.09. The number of likely N-dealkylation sites (tertiary alicyclic amines) is 1. The molecule has 1 amide bonds. The summed E-state index contributed by atoms with van der Waals surface area (Å²) in [6.45, 7) is 12.2. The highest BCUT2D eigenvalue weighted by Crippen LogP contribution is 2.32. The second-order valence-corrected chi connectivity index (χ2v) is 8.53. The van der Waals surface area contributed by atoms with Gasteiger partial charge in [-0.2, -0.15) is 4.98 Å². The average molecular weight is 334 g/mol. The molecule has 134 valence electrons. The molecule has 1 N–H and O–H groups in total. The van der Waals surface area contributed by atoms with E-state index in [1.807, 2.05) is 0 Å². The number of hydrogen-bond donors (Lipinski definition) is 1. The Morgan fingerprint density at radius 1 is 1.33 bits per heavy atom. The van der Waals surface area contributed by atoms with E-state index in [4.69, 9.17) is 4.52 Å². The standard InChI is InChI=1S/C18H30N4O2/c1-11-10-22(16(23)13-6-7-13)9-8-14(11)19-12(2)15-20-17(21-24-15)18(3,4)5/h11-14,19H,6-10H2,1-5H3/t11-,12+,14-/m1/s1. The minimum absolute atomic E-state index is 0.0201. The molecule has 3 atom stereocenters. The molecule has 2 aliphatic rings. The summed E-state index contributed by atoms with van der Waals surface area (Å²) in [7, 11) is 0. The number of carbonyl (C=O) groups is 1. The van der Waals surface area contributed by atoms with Crippen LogP contribution in [-0.2, 0) is 10.2 Å². The molecule has 1 aromatic heterocycles. The fourth-order valence-corrected chi connectivity index (χ4v) is 3.29. The molecule has 1 aliphatic heterocycles. The van der Waals surface area contributed by atoms with Gasteiger partial charge < -0.3 is 14.7 Å². The van der Waals surface area contributed by atoms with Crippen molar-refractivity contribution in [2.24, 2.45) is 11.8 Å². The van der Waals surface area contributed by atoms with Crippen LogP contribution in [0.25, 0.3) is 0 Å². The molecule has 0 aromatic carbocycles. The third-order valence-electron chi connectivity index (χ3n) is 5.09. The van der Waals surface area contributed by atoms with Crippen LogP contribution in [0, 0.1) is 11.8 Å². The summed E-state index contributed by atoms with van der Waals surface area (Å²) >= 11 is 0. The first-order valence-electron chi connectivity index (χ1n) is 9.14. The molecule has 6 nitrogen and oxygen atoms in total. The van der Waals surface area contributed by atoms with Gasteiger partial charge in [0.25, 0.3) is 0 Å². The van der Waals surface area contributed by atoms with Gasteiger partial charge in [0.2, 0.25) is 11.8 Å². The summed E-state index contributed by atoms with van der Waals surface area (Å²) in [6, 6.07) is 0.389. The Morgan fingerprint density at radius 3 is 2.58 bits per heavy atom. The number of piperidine rings is 1. The molecule has 1 saturated heterocycles. The quantitative estimate of drug-likeness (QED) is 0.916. The van der Waals surface area contributed by atoms with Crippen LogP contribution in [0.3, 0.4) is 0 Å². The second-order valence-electron chi connectivity index (χ2n) is 8.53. The Kier molecular flexibility index (Phi) is 4.69. The maximum atomic E-state index is 12.2. The highest BCUT2D eigenvalue weighted by molar-refractivity contribution is 5.81. The van der Waals surface area contributed by atoms with Crippen LogP contribution in [0.1, 0.15) is 71.6 Å². The largest absolute Gasteiger partial charge is 0.342 e. The number of carbonyl (C=O) groups excluding carboxylic acids is 1. The Balaban J connectivity index is 1.56. The second kappa shape index (κ2) is 6.47. The monoisotopic (exact) mass is 334 g/mol. The molecule has 0 spiro atoms. The average Bonchev–Trinajstić information content (AvgIpc) is 3.23. The van der Waals surface area contributed by atoms with E-state index in [9.17, 15) is 4.79 Å². The van der Waals surface area contributed by atoms with Crippen molar-refractivity contribution in [2.75, 3.05) is 13.1 Å². The Morgan fingerprint density at radius 2 is 2.04 bits per heavy atom. The molecular formula is C18H30N4O2. The summed E-state index contributed by atoms with van der Waals surface area (Å²) in [5.74, 6) is 2.48. The van der Waals surface area contributed by atoms with Crippen molar-refractivity contribution in [1.82, 2.24) is 20.4 Å². The molecule has 0 unspecified atom stereocenters. The van der Waals surface area contributed by atoms with Gasteiger partial charge in [-0.1, -0.05) is 32.9 Å². The SMILES string of the molecule is C[C@H](N[C@@H]1CCN(C(=O)C2CC2)C[C@H]1C)c1nc(C(C)(C)C)no1. The van der Waals surface area contributed by atoms with Gasteiger partial charge in [0, 0.05) is 30.5 Å². The number of rotatable bonds is 4. The Labute approximate surface area is 144 Å². The summed E-state index contributed by atoms with van der Waals surface area (Å²) < 4.78 is 5.44. The van der Waals surface area contributed by atoms with Crippen LogP contribution in [0.5, 0.6) is 0 Å². The predicted molar refractivity (Wildman–Crippen MR) is 91.4 cm³/mol. The highest BCUT2D eigenvalue weighted by atomic mass is 16.5. The lowest BCUT2D eigenvalue weighted by Crippen LogP contribution is -2.51. The van der Waals surface area contributed by atoms with Gasteiger partial charge in [0.05, 0.1) is 6.04 Å². The van der Waals surface area contributed by atoms with Crippen LogP contribution in [0.15, 0.2) is 4.52 Å². The van der Waals surface area contributed by atoms with E-state index >= 15 is 0 Å². The van der Waals surface area contributed by atoms with Crippen molar-refractivity contribution < 1.29 is 9.32 Å². The van der Waals surface area contributed by atoms with Gasteiger partial charge in [0.1, 0.15) is 0 Å². The van der Waals surface area contributed by atoms with Crippen molar-refractivity contribution in [3.05, 3.63) is 11.7 Å². The molecule has 6 heteroatoms. The number of hydrogen-bond acceptors (Lipinski definition) is 5. The molecular weight excluding hydrogens is 304 g/mol. The number of nitrogens with zero attached hydrogens (tertiary/aromatic N) is 3. The van der Waals surface area contributed by atoms with Crippen molar-refractivity contribution in [3.63, 3.8) is 0 Å². The van der Waals surface area contributed by atoms with Crippen molar-refractivity contribution in [3.8, 4) is 0 Å². The highest BCUT2D eigenvalue weighted by Gasteiger charge is 2.37. The van der Waals surface area contributed by atoms with Gasteiger partial charge >= 0.3 is 0 Å². The summed E-state index contributed by atoms with van der Waals surface area (Å²) in [5.41, 5.74) is -0.108. The lowest BCUT2D eigenvalue weighted by atomic mass is 9.92. The zero-order valence-corrected chi connectivity index (χ0v) is 15.5. The maximum Gasteiger partial charge on any atom is 0.243 e. The molecule has 1 saturated carbocycles. The smallest absolute Gasteiger partial charge is 0.243 e. The molecule has 2 heterocycles. The molecule has 1 aromatic rings. The van der Waals surface area contributed by atoms with Crippen LogP contribution >= 0.6 is 0 Å². The van der Waals surface area contributed by atoms with Crippen molar-refractivity contribution >= 4 is 5.91 Å². The first-order chi connectivity index (χ1) is 11.3. The van der Waals surface area contributed by atoms with Gasteiger partial charge in [-0.25, -0.2) is 0 Å². The lowest BCUT2D eigenvalue weighted by Gasteiger charge is -2.38. The van der Waals surface area contributed by atoms with E-state index < -0.39 is 0 Å². The Bertz CT molecular complexity index is 588. The topological polar surface area (TPSA) is 71.3 Å². The molecule has 1 aliphatic carbocycles. The van der Waals surface area contributed by atoms with E-state index in [-0.39, 0.29) is 11.5 Å². The number of amides is 1. The fraction of sp³-hybridized carbons (Fsp3) is 0.833. The van der Waals surface area contributed by atoms with Crippen LogP contribution in [0.2, 0.25) is 0 Å². The molecule has 2 fully saturated rings. The number of nitrogens with one attached hydrogen (secondary N) is 1. The molecule has 3 rings (SSSR count). The van der Waals surface area contributed by atoms with Gasteiger partial charge in [0.15, 0.2) is 5.82 Å². The normalized spacial score (nSPS) is 26.5. The molecule has 24 heavy (non-hydrogen) atoms. The van der Waals surface area contributed by atoms with Gasteiger partial charge in [-0.3, -0.25) is 4.79 Å². The minimum atomic E-state index is -0.108. The third kappa shape index (κ3) is 3.79. The predicted octanol–water partition coefficient (Wildman–Crippen LogP) is 2.66. The minimum Gasteiger partial charge on any atom is -0.342 e. The van der Waals surface area contributed by atoms with E-state index in [1.165, 1.54) is 0 Å². The van der Waals surface area contributed by atoms with Crippen LogP contribution in [-0.4, -0.2) is 40.1 Å². The van der Waals surface area contributed by atoms with E-state index in [2.05, 4.69) is 55.0 Å². The van der Waals surface area contributed by atoms with E-state index in [0.717, 1.165) is 38.2 Å². The molecule has 0 bridgehead atoms. The summed E-state index contributed by atoms with van der Waals surface area (Å²) in [6.07, 6.45) is 3.13. The van der Waals surface area contributed by atoms with Gasteiger partial charge in [-0.15, -0.1) is 0 Å². The summed E-state index contributed by atoms with van der Waals surface area (Å²) in [4.78, 5) is 18.8. The van der Waals surface area contributed by atoms with Crippen LogP contribution < -0.4 is 5.32 Å². The van der Waals surface area contributed by atoms with E-state index in [1.54, 1.807) is 0 Å². The fourth-order valence-electron chi connectivity index (χ4n) is 3.29. The zero-order valence-electron chi connectivity index (χ0n) is 15.5. The zero-order chi connectivity index (χ0) is 17.5.